The van der Waals surface area contributed by atoms with Crippen LogP contribution < -0.4 is 5.23 Å². The van der Waals surface area contributed by atoms with E-state index in [0.717, 1.165) is 5.56 Å². The van der Waals surface area contributed by atoms with Crippen LogP contribution in [0.5, 0.6) is 0 Å². The summed E-state index contributed by atoms with van der Waals surface area (Å²) in [6.45, 7) is 0.947. The Bertz CT molecular complexity index is 947. The van der Waals surface area contributed by atoms with Gasteiger partial charge < -0.3 is 14.8 Å². The van der Waals surface area contributed by atoms with E-state index in [1.807, 2.05) is 4.90 Å². The van der Waals surface area contributed by atoms with Gasteiger partial charge in [-0.25, -0.2) is 9.60 Å². The van der Waals surface area contributed by atoms with E-state index in [4.69, 9.17) is 9.73 Å². The maximum absolute atomic E-state index is 13.1. The maximum atomic E-state index is 13.1. The molecule has 3 unspecified atom stereocenters. The van der Waals surface area contributed by atoms with E-state index in [1.54, 1.807) is 24.3 Å². The fraction of sp³-hybridized carbons (Fsp3) is 0.263. The first-order valence-corrected chi connectivity index (χ1v) is 8.83. The lowest BCUT2D eigenvalue weighted by atomic mass is 10.1. The molecule has 9 heteroatoms. The van der Waals surface area contributed by atoms with Crippen LogP contribution >= 0.6 is 0 Å². The number of hydrogen-bond donors (Lipinski definition) is 3. The minimum Gasteiger partial charge on any atom is -0.595 e. The highest BCUT2D eigenvalue weighted by Crippen LogP contribution is 2.33. The molecule has 2 heterocycles. The Morgan fingerprint density at radius 1 is 1.25 bits per heavy atom. The molecule has 28 heavy (non-hydrogen) atoms. The Kier molecular flexibility index (Phi) is 5.16. The molecule has 0 amide bonds. The average Bonchev–Trinajstić information content (AvgIpc) is 3.30. The number of aliphatic hydroxyl groups is 1. The van der Waals surface area contributed by atoms with Gasteiger partial charge in [-0.3, -0.25) is 4.90 Å². The predicted molar refractivity (Wildman–Crippen MR) is 95.7 cm³/mol. The molecule has 1 aliphatic heterocycles. The summed E-state index contributed by atoms with van der Waals surface area (Å²) in [7, 11) is 0. The highest BCUT2D eigenvalue weighted by Gasteiger charge is 2.36. The molecule has 3 aromatic rings. The highest BCUT2D eigenvalue weighted by molar-refractivity contribution is 5.58. The van der Waals surface area contributed by atoms with Crippen molar-refractivity contribution in [1.29, 1.82) is 0 Å². The van der Waals surface area contributed by atoms with Crippen molar-refractivity contribution in [2.24, 2.45) is 0 Å². The molecular weight excluding hydrogens is 367 g/mol. The third-order valence-corrected chi connectivity index (χ3v) is 4.77. The molecule has 0 aliphatic carbocycles. The van der Waals surface area contributed by atoms with Crippen molar-refractivity contribution in [1.82, 2.24) is 15.0 Å². The number of aromatic nitrogens is 2. The van der Waals surface area contributed by atoms with Crippen molar-refractivity contribution in [3.63, 3.8) is 0 Å². The number of β-amino-alcohol motifs (C(OH)–C–C–N with tert-alkyl or cyclic N) is 1. The Hall–Kier alpha value is -2.69. The van der Waals surface area contributed by atoms with Crippen LogP contribution in [0.3, 0.4) is 0 Å². The zero-order valence-corrected chi connectivity index (χ0v) is 14.8. The van der Waals surface area contributed by atoms with Crippen molar-refractivity contribution in [2.45, 2.75) is 25.1 Å². The van der Waals surface area contributed by atoms with Gasteiger partial charge in [-0.1, -0.05) is 29.4 Å². The van der Waals surface area contributed by atoms with Crippen LogP contribution in [-0.2, 0) is 6.54 Å². The molecule has 146 valence electrons. The van der Waals surface area contributed by atoms with Gasteiger partial charge in [0.05, 0.1) is 12.1 Å². The smallest absolute Gasteiger partial charge is 0.244 e. The number of quaternary nitrogens is 1. The van der Waals surface area contributed by atoms with Gasteiger partial charge in [0, 0.05) is 30.8 Å². The first-order chi connectivity index (χ1) is 13.5. The first-order valence-electron chi connectivity index (χ1n) is 8.83. The van der Waals surface area contributed by atoms with Gasteiger partial charge >= 0.3 is 0 Å². The molecule has 1 saturated heterocycles. The Labute approximate surface area is 160 Å². The van der Waals surface area contributed by atoms with E-state index >= 15 is 0 Å². The zero-order chi connectivity index (χ0) is 19.7. The summed E-state index contributed by atoms with van der Waals surface area (Å²) < 4.78 is 18.5. The summed E-state index contributed by atoms with van der Waals surface area (Å²) in [6.07, 6.45) is -0.0889. The molecular formula is C19H19FN4O4. The lowest BCUT2D eigenvalue weighted by Crippen LogP contribution is -2.99. The molecule has 4 rings (SSSR count). The lowest BCUT2D eigenvalue weighted by molar-refractivity contribution is -0.991. The second-order valence-corrected chi connectivity index (χ2v) is 6.80. The molecule has 0 bridgehead atoms. The zero-order valence-electron chi connectivity index (χ0n) is 14.8. The molecule has 0 radical (unpaired) electrons. The Morgan fingerprint density at radius 2 is 2.04 bits per heavy atom. The van der Waals surface area contributed by atoms with Crippen LogP contribution in [0, 0.1) is 11.0 Å². The molecule has 0 saturated carbocycles. The molecule has 3 atom stereocenters. The average molecular weight is 386 g/mol. The van der Waals surface area contributed by atoms with Gasteiger partial charge in [-0.05, 0) is 24.1 Å². The number of hydrogen-bond acceptors (Lipinski definition) is 7. The van der Waals surface area contributed by atoms with Gasteiger partial charge in [0.15, 0.2) is 5.69 Å². The molecule has 2 aromatic carbocycles. The van der Waals surface area contributed by atoms with Crippen LogP contribution in [-0.4, -0.2) is 38.0 Å². The van der Waals surface area contributed by atoms with Crippen LogP contribution in [0.15, 0.2) is 53.1 Å². The third-order valence-electron chi connectivity index (χ3n) is 4.77. The minimum absolute atomic E-state index is 0.137. The summed E-state index contributed by atoms with van der Waals surface area (Å²) in [5.74, 6) is 0.350. The fourth-order valence-corrected chi connectivity index (χ4v) is 3.41. The summed E-state index contributed by atoms with van der Waals surface area (Å²) in [5, 5.41) is 33.3. The molecule has 8 nitrogen and oxygen atoms in total. The number of nitrogens with one attached hydrogen (secondary N) is 1. The monoisotopic (exact) mass is 386 g/mol. The molecule has 3 N–H and O–H groups in total. The number of halogens is 1. The maximum Gasteiger partial charge on any atom is 0.244 e. The normalized spacial score (nSPS) is 21.1. The minimum atomic E-state index is -1.03. The van der Waals surface area contributed by atoms with Crippen LogP contribution in [0.1, 0.15) is 23.9 Å². The summed E-state index contributed by atoms with van der Waals surface area (Å²) in [5.41, 5.74) is 1.59. The molecule has 0 spiro atoms. The molecule has 1 aromatic heterocycles. The number of rotatable bonds is 5. The van der Waals surface area contributed by atoms with E-state index in [9.17, 15) is 14.7 Å². The van der Waals surface area contributed by atoms with E-state index in [2.05, 4.69) is 10.1 Å². The SMILES string of the molecule is [O-][NH+](O)c1cccc(-c2noc(C3CC(O)CN3Cc3ccc(F)cc3)n2)c1. The summed E-state index contributed by atoms with van der Waals surface area (Å²) >= 11 is 0. The summed E-state index contributed by atoms with van der Waals surface area (Å²) in [4.78, 5) is 6.42. The van der Waals surface area contributed by atoms with E-state index < -0.39 is 11.3 Å². The second-order valence-electron chi connectivity index (χ2n) is 6.80. The quantitative estimate of drug-likeness (QED) is 0.571. The van der Waals surface area contributed by atoms with Gasteiger partial charge in [0.2, 0.25) is 11.7 Å². The molecule has 1 aliphatic rings. The van der Waals surface area contributed by atoms with Gasteiger partial charge in [-0.2, -0.15) is 10.2 Å². The van der Waals surface area contributed by atoms with Crippen molar-refractivity contribution in [2.75, 3.05) is 6.54 Å². The Balaban J connectivity index is 1.56. The second kappa shape index (κ2) is 7.74. The van der Waals surface area contributed by atoms with Crippen molar-refractivity contribution >= 4 is 5.69 Å². The third kappa shape index (κ3) is 3.93. The van der Waals surface area contributed by atoms with E-state index in [1.165, 1.54) is 24.3 Å². The number of aliphatic hydroxyl groups excluding tert-OH is 1. The lowest BCUT2D eigenvalue weighted by Gasteiger charge is -2.21. The predicted octanol–water partition coefficient (Wildman–Crippen LogP) is 1.59. The largest absolute Gasteiger partial charge is 0.595 e. The number of benzene rings is 2. The van der Waals surface area contributed by atoms with E-state index in [-0.39, 0.29) is 17.5 Å². The fourth-order valence-electron chi connectivity index (χ4n) is 3.41. The van der Waals surface area contributed by atoms with Crippen LogP contribution in [0.2, 0.25) is 0 Å². The highest BCUT2D eigenvalue weighted by atomic mass is 19.1. The van der Waals surface area contributed by atoms with Crippen molar-refractivity contribution < 1.29 is 24.5 Å². The number of likely N-dealkylation sites (tertiary alicyclic amines) is 1. The van der Waals surface area contributed by atoms with Gasteiger partial charge in [0.1, 0.15) is 5.82 Å². The number of nitrogens with zero attached hydrogens (tertiary/aromatic N) is 3. The van der Waals surface area contributed by atoms with Crippen molar-refractivity contribution in [3.05, 3.63) is 71.0 Å². The van der Waals surface area contributed by atoms with Crippen LogP contribution in [0.25, 0.3) is 11.4 Å². The van der Waals surface area contributed by atoms with E-state index in [0.29, 0.717) is 36.8 Å². The first kappa shape index (κ1) is 18.7. The topological polar surface area (TPSA) is 110 Å². The van der Waals surface area contributed by atoms with Crippen molar-refractivity contribution in [3.8, 4) is 11.4 Å². The van der Waals surface area contributed by atoms with Crippen LogP contribution in [0.4, 0.5) is 10.1 Å². The standard InChI is InChI=1S/C19H19FN4O4/c20-14-6-4-12(5-7-14)10-23-11-16(25)9-17(23)19-21-18(22-28-19)13-2-1-3-15(8-13)24(26)27/h1-8,16-17,24-26H,9-11H2. The summed E-state index contributed by atoms with van der Waals surface area (Å²) in [6, 6.07) is 12.2. The molecule has 1 fully saturated rings. The van der Waals surface area contributed by atoms with Gasteiger partial charge in [-0.15, -0.1) is 0 Å². The van der Waals surface area contributed by atoms with Gasteiger partial charge in [0.25, 0.3) is 0 Å². The Morgan fingerprint density at radius 3 is 2.79 bits per heavy atom.